The third kappa shape index (κ3) is 4.99. The van der Waals surface area contributed by atoms with Crippen LogP contribution in [-0.4, -0.2) is 37.0 Å². The standard InChI is InChI=1S/C13H15F3O5S/c1-7-4-8(2)11(9(3)5-7)12(17)21-10(13(14,15)16)6-22(18,19)20/h4-5,10H,6H2,1-3H3,(H,18,19,20). The van der Waals surface area contributed by atoms with Crippen molar-refractivity contribution >= 4 is 16.1 Å². The van der Waals surface area contributed by atoms with Gasteiger partial charge in [0.15, 0.2) is 0 Å². The molecule has 0 aromatic heterocycles. The number of hydrogen-bond donors (Lipinski definition) is 1. The van der Waals surface area contributed by atoms with Crippen molar-refractivity contribution in [3.8, 4) is 0 Å². The molecular weight excluding hydrogens is 325 g/mol. The molecule has 0 spiro atoms. The van der Waals surface area contributed by atoms with Gasteiger partial charge in [-0.3, -0.25) is 4.55 Å². The second kappa shape index (κ2) is 6.25. The van der Waals surface area contributed by atoms with Crippen LogP contribution in [0.25, 0.3) is 0 Å². The van der Waals surface area contributed by atoms with Gasteiger partial charge in [-0.2, -0.15) is 21.6 Å². The summed E-state index contributed by atoms with van der Waals surface area (Å²) in [6, 6.07) is 3.18. The lowest BCUT2D eigenvalue weighted by Gasteiger charge is -2.20. The van der Waals surface area contributed by atoms with Gasteiger partial charge in [-0.05, 0) is 31.9 Å². The van der Waals surface area contributed by atoms with E-state index in [-0.39, 0.29) is 5.56 Å². The van der Waals surface area contributed by atoms with Gasteiger partial charge in [0.25, 0.3) is 10.1 Å². The van der Waals surface area contributed by atoms with Crippen molar-refractivity contribution in [2.45, 2.75) is 33.1 Å². The molecule has 9 heteroatoms. The number of rotatable bonds is 4. The Labute approximate surface area is 125 Å². The molecule has 1 unspecified atom stereocenters. The van der Waals surface area contributed by atoms with Crippen LogP contribution in [0.3, 0.4) is 0 Å². The Bertz CT molecular complexity index is 656. The van der Waals surface area contributed by atoms with E-state index in [1.54, 1.807) is 19.1 Å². The monoisotopic (exact) mass is 340 g/mol. The topological polar surface area (TPSA) is 80.7 Å². The molecule has 0 bridgehead atoms. The summed E-state index contributed by atoms with van der Waals surface area (Å²) in [5.41, 5.74) is 1.58. The van der Waals surface area contributed by atoms with Crippen molar-refractivity contribution in [2.24, 2.45) is 0 Å². The lowest BCUT2D eigenvalue weighted by Crippen LogP contribution is -2.39. The Morgan fingerprint density at radius 3 is 2.05 bits per heavy atom. The van der Waals surface area contributed by atoms with Crippen LogP contribution in [0.5, 0.6) is 0 Å². The fourth-order valence-electron chi connectivity index (χ4n) is 2.08. The van der Waals surface area contributed by atoms with Gasteiger partial charge < -0.3 is 4.74 Å². The molecule has 0 aliphatic carbocycles. The van der Waals surface area contributed by atoms with Crippen LogP contribution >= 0.6 is 0 Å². The molecule has 0 saturated carbocycles. The SMILES string of the molecule is Cc1cc(C)c(C(=O)OC(CS(=O)(=O)O)C(F)(F)F)c(C)c1. The highest BCUT2D eigenvalue weighted by Crippen LogP contribution is 2.26. The van der Waals surface area contributed by atoms with Crippen molar-refractivity contribution in [3.63, 3.8) is 0 Å². The van der Waals surface area contributed by atoms with Crippen molar-refractivity contribution < 1.29 is 35.7 Å². The van der Waals surface area contributed by atoms with Crippen LogP contribution in [0.2, 0.25) is 0 Å². The molecule has 0 aliphatic heterocycles. The number of alkyl halides is 3. The smallest absolute Gasteiger partial charge is 0.426 e. The molecule has 124 valence electrons. The second-order valence-electron chi connectivity index (χ2n) is 4.96. The maximum absolute atomic E-state index is 12.7. The average Bonchev–Trinajstić information content (AvgIpc) is 2.22. The Morgan fingerprint density at radius 2 is 1.68 bits per heavy atom. The highest BCUT2D eigenvalue weighted by Gasteiger charge is 2.45. The summed E-state index contributed by atoms with van der Waals surface area (Å²) in [5, 5.41) is 0. The highest BCUT2D eigenvalue weighted by molar-refractivity contribution is 7.85. The highest BCUT2D eigenvalue weighted by atomic mass is 32.2. The molecule has 0 heterocycles. The predicted molar refractivity (Wildman–Crippen MR) is 72.3 cm³/mol. The Kier molecular flexibility index (Phi) is 5.24. The van der Waals surface area contributed by atoms with E-state index in [0.717, 1.165) is 5.56 Å². The van der Waals surface area contributed by atoms with Crippen LogP contribution in [0.15, 0.2) is 12.1 Å². The van der Waals surface area contributed by atoms with Gasteiger partial charge in [0.05, 0.1) is 5.56 Å². The summed E-state index contributed by atoms with van der Waals surface area (Å²) in [4.78, 5) is 11.9. The van der Waals surface area contributed by atoms with E-state index >= 15 is 0 Å². The third-order valence-electron chi connectivity index (χ3n) is 2.86. The van der Waals surface area contributed by atoms with Gasteiger partial charge in [-0.25, -0.2) is 4.79 Å². The van der Waals surface area contributed by atoms with Crippen molar-refractivity contribution in [2.75, 3.05) is 5.75 Å². The molecule has 0 fully saturated rings. The first-order valence-electron chi connectivity index (χ1n) is 6.12. The number of benzene rings is 1. The first-order chi connectivity index (χ1) is 9.81. The molecule has 1 aromatic carbocycles. The van der Waals surface area contributed by atoms with E-state index in [0.29, 0.717) is 11.1 Å². The van der Waals surface area contributed by atoms with Crippen LogP contribution in [-0.2, 0) is 14.9 Å². The van der Waals surface area contributed by atoms with E-state index in [1.807, 2.05) is 0 Å². The van der Waals surface area contributed by atoms with Crippen molar-refractivity contribution in [1.29, 1.82) is 0 Å². The van der Waals surface area contributed by atoms with Crippen molar-refractivity contribution in [1.82, 2.24) is 0 Å². The number of aryl methyl sites for hydroxylation is 3. The Balaban J connectivity index is 3.12. The van der Waals surface area contributed by atoms with Gasteiger partial charge in [0.1, 0.15) is 5.75 Å². The first kappa shape index (κ1) is 18.4. The number of halogens is 3. The molecule has 1 atom stereocenters. The van der Waals surface area contributed by atoms with E-state index < -0.39 is 34.1 Å². The fraction of sp³-hybridized carbons (Fsp3) is 0.462. The molecule has 1 rings (SSSR count). The van der Waals surface area contributed by atoms with E-state index in [4.69, 9.17) is 4.55 Å². The van der Waals surface area contributed by atoms with Crippen LogP contribution in [0.1, 0.15) is 27.0 Å². The zero-order valence-corrected chi connectivity index (χ0v) is 12.9. The largest absolute Gasteiger partial charge is 0.448 e. The molecule has 1 N–H and O–H groups in total. The maximum atomic E-state index is 12.7. The summed E-state index contributed by atoms with van der Waals surface area (Å²) in [5.74, 6) is -3.03. The lowest BCUT2D eigenvalue weighted by atomic mass is 10.00. The Hall–Kier alpha value is -1.61. The van der Waals surface area contributed by atoms with Crippen LogP contribution < -0.4 is 0 Å². The van der Waals surface area contributed by atoms with Crippen LogP contribution in [0.4, 0.5) is 13.2 Å². The zero-order valence-electron chi connectivity index (χ0n) is 12.1. The van der Waals surface area contributed by atoms with Gasteiger partial charge in [0.2, 0.25) is 6.10 Å². The molecule has 0 radical (unpaired) electrons. The number of hydrogen-bond acceptors (Lipinski definition) is 4. The number of ether oxygens (including phenoxy) is 1. The first-order valence-corrected chi connectivity index (χ1v) is 7.73. The van der Waals surface area contributed by atoms with E-state index in [2.05, 4.69) is 4.74 Å². The second-order valence-corrected chi connectivity index (χ2v) is 6.46. The Morgan fingerprint density at radius 1 is 1.23 bits per heavy atom. The maximum Gasteiger partial charge on any atom is 0.426 e. The van der Waals surface area contributed by atoms with Crippen LogP contribution in [0, 0.1) is 20.8 Å². The lowest BCUT2D eigenvalue weighted by molar-refractivity contribution is -0.197. The quantitative estimate of drug-likeness (QED) is 0.673. The minimum Gasteiger partial charge on any atom is -0.448 e. The summed E-state index contributed by atoms with van der Waals surface area (Å²) in [7, 11) is -4.96. The summed E-state index contributed by atoms with van der Waals surface area (Å²) >= 11 is 0. The molecular formula is C13H15F3O5S. The normalized spacial score (nSPS) is 13.8. The van der Waals surface area contributed by atoms with Crippen molar-refractivity contribution in [3.05, 3.63) is 34.4 Å². The average molecular weight is 340 g/mol. The van der Waals surface area contributed by atoms with E-state index in [1.165, 1.54) is 13.8 Å². The van der Waals surface area contributed by atoms with Gasteiger partial charge in [-0.1, -0.05) is 17.7 Å². The molecule has 1 aromatic rings. The summed E-state index contributed by atoms with van der Waals surface area (Å²) in [6.07, 6.45) is -8.05. The van der Waals surface area contributed by atoms with Gasteiger partial charge in [0, 0.05) is 0 Å². The predicted octanol–water partition coefficient (Wildman–Crippen LogP) is 2.59. The fourth-order valence-corrected chi connectivity index (χ4v) is 2.72. The number of esters is 1. The molecule has 0 amide bonds. The van der Waals surface area contributed by atoms with Gasteiger partial charge in [-0.15, -0.1) is 0 Å². The summed E-state index contributed by atoms with van der Waals surface area (Å²) in [6.45, 7) is 4.82. The minimum absolute atomic E-state index is 0.0600. The minimum atomic E-state index is -5.11. The molecule has 0 saturated heterocycles. The number of carbonyl (C=O) groups is 1. The molecule has 22 heavy (non-hydrogen) atoms. The number of carbonyl (C=O) groups excluding carboxylic acids is 1. The summed E-state index contributed by atoms with van der Waals surface area (Å²) < 4.78 is 72.4. The van der Waals surface area contributed by atoms with E-state index in [9.17, 15) is 26.4 Å². The molecule has 5 nitrogen and oxygen atoms in total. The molecule has 0 aliphatic rings. The van der Waals surface area contributed by atoms with Gasteiger partial charge >= 0.3 is 12.1 Å². The zero-order chi connectivity index (χ0) is 17.3. The third-order valence-corrected chi connectivity index (χ3v) is 3.58.